The quantitative estimate of drug-likeness (QED) is 0.369. The third-order valence-corrected chi connectivity index (χ3v) is 7.87. The van der Waals surface area contributed by atoms with Gasteiger partial charge in [0.25, 0.3) is 0 Å². The normalized spacial score (nSPS) is 29.8. The molecule has 166 valence electrons. The van der Waals surface area contributed by atoms with Crippen LogP contribution >= 0.6 is 0 Å². The van der Waals surface area contributed by atoms with Crippen molar-refractivity contribution in [2.75, 3.05) is 0 Å². The monoisotopic (exact) mass is 412 g/mol. The first-order valence-electron chi connectivity index (χ1n) is 12.0. The number of benzene rings is 1. The van der Waals surface area contributed by atoms with Gasteiger partial charge in [0.15, 0.2) is 0 Å². The van der Waals surface area contributed by atoms with Gasteiger partial charge in [0.05, 0.1) is 0 Å². The molecular formula is C27H40O3. The summed E-state index contributed by atoms with van der Waals surface area (Å²) >= 11 is 0. The van der Waals surface area contributed by atoms with Gasteiger partial charge in [-0.15, -0.1) is 0 Å². The van der Waals surface area contributed by atoms with Gasteiger partial charge in [0.1, 0.15) is 11.9 Å². The highest BCUT2D eigenvalue weighted by Gasteiger charge is 2.53. The summed E-state index contributed by atoms with van der Waals surface area (Å²) in [6.07, 6.45) is 12.9. The lowest BCUT2D eigenvalue weighted by molar-refractivity contribution is -0.152. The highest BCUT2D eigenvalue weighted by Crippen LogP contribution is 2.58. The molecule has 0 heterocycles. The van der Waals surface area contributed by atoms with Crippen LogP contribution in [0.5, 0.6) is 5.75 Å². The number of esters is 1. The van der Waals surface area contributed by atoms with Crippen LogP contribution < -0.4 is 0 Å². The van der Waals surface area contributed by atoms with E-state index in [0.717, 1.165) is 30.6 Å². The van der Waals surface area contributed by atoms with Crippen LogP contribution in [0.2, 0.25) is 0 Å². The van der Waals surface area contributed by atoms with Crippen molar-refractivity contribution in [3.05, 3.63) is 35.9 Å². The molecule has 5 atom stereocenters. The van der Waals surface area contributed by atoms with Crippen molar-refractivity contribution in [1.82, 2.24) is 0 Å². The maximum absolute atomic E-state index is 12.5. The molecule has 3 heteroatoms. The van der Waals surface area contributed by atoms with Gasteiger partial charge < -0.3 is 9.84 Å². The van der Waals surface area contributed by atoms with Crippen LogP contribution in [-0.2, 0) is 9.53 Å². The van der Waals surface area contributed by atoms with E-state index in [1.54, 1.807) is 24.3 Å². The lowest BCUT2D eigenvalue weighted by Crippen LogP contribution is -2.43. The second-order valence-corrected chi connectivity index (χ2v) is 10.4. The maximum atomic E-state index is 12.5. The fraction of sp³-hybridized carbons (Fsp3) is 0.667. The van der Waals surface area contributed by atoms with Crippen LogP contribution in [0.3, 0.4) is 0 Å². The average Bonchev–Trinajstić information content (AvgIpc) is 3.05. The Morgan fingerprint density at radius 2 is 1.97 bits per heavy atom. The van der Waals surface area contributed by atoms with E-state index in [1.807, 2.05) is 6.07 Å². The first kappa shape index (κ1) is 22.9. The molecule has 0 radical (unpaired) electrons. The standard InChI is InChI=1S/C27H40O3/c1-19(2)9-7-10-20(3)22-15-16-23-25(13-8-18-27(22,23)4)30-26(29)17-14-21-11-5-6-12-24(21)28/h5-6,11-12,14,17,19-20,22-23,25,28H,7-10,13,15-16,18H2,1-4H3/b17-14+/t20-,22-,23+,25+,27-/m1/s1. The van der Waals surface area contributed by atoms with Gasteiger partial charge in [-0.3, -0.25) is 0 Å². The average molecular weight is 413 g/mol. The Morgan fingerprint density at radius 1 is 1.20 bits per heavy atom. The van der Waals surface area contributed by atoms with Gasteiger partial charge in [0.2, 0.25) is 0 Å². The minimum atomic E-state index is -0.291. The molecule has 2 fully saturated rings. The molecule has 2 aliphatic rings. The van der Waals surface area contributed by atoms with Crippen molar-refractivity contribution in [2.45, 2.75) is 85.2 Å². The summed E-state index contributed by atoms with van der Waals surface area (Å²) in [6.45, 7) is 9.53. The number of aromatic hydroxyl groups is 1. The van der Waals surface area contributed by atoms with Crippen LogP contribution in [0.15, 0.2) is 30.3 Å². The van der Waals surface area contributed by atoms with Gasteiger partial charge in [0, 0.05) is 17.6 Å². The summed E-state index contributed by atoms with van der Waals surface area (Å²) < 4.78 is 5.97. The van der Waals surface area contributed by atoms with Gasteiger partial charge in [-0.1, -0.05) is 65.2 Å². The molecule has 3 nitrogen and oxygen atoms in total. The van der Waals surface area contributed by atoms with E-state index in [9.17, 15) is 9.90 Å². The number of phenolic OH excluding ortho intramolecular Hbond substituents is 1. The number of carbonyl (C=O) groups excluding carboxylic acids is 1. The van der Waals surface area contributed by atoms with E-state index in [2.05, 4.69) is 27.7 Å². The number of hydrogen-bond acceptors (Lipinski definition) is 3. The van der Waals surface area contributed by atoms with Crippen LogP contribution in [0.25, 0.3) is 6.08 Å². The van der Waals surface area contributed by atoms with E-state index < -0.39 is 0 Å². The van der Waals surface area contributed by atoms with E-state index in [0.29, 0.717) is 16.9 Å². The minimum Gasteiger partial charge on any atom is -0.507 e. The zero-order valence-electron chi connectivity index (χ0n) is 19.3. The largest absolute Gasteiger partial charge is 0.507 e. The molecule has 0 bridgehead atoms. The predicted molar refractivity (Wildman–Crippen MR) is 123 cm³/mol. The molecule has 1 aromatic carbocycles. The smallest absolute Gasteiger partial charge is 0.331 e. The van der Waals surface area contributed by atoms with E-state index >= 15 is 0 Å². The van der Waals surface area contributed by atoms with Crippen molar-refractivity contribution in [3.8, 4) is 5.75 Å². The van der Waals surface area contributed by atoms with Gasteiger partial charge in [-0.25, -0.2) is 4.79 Å². The lowest BCUT2D eigenvalue weighted by Gasteiger charge is -2.46. The van der Waals surface area contributed by atoms with Gasteiger partial charge >= 0.3 is 5.97 Å². The summed E-state index contributed by atoms with van der Waals surface area (Å²) in [4.78, 5) is 12.5. The number of rotatable bonds is 8. The van der Waals surface area contributed by atoms with Gasteiger partial charge in [-0.05, 0) is 67.4 Å². The predicted octanol–water partition coefficient (Wildman–Crippen LogP) is 7.00. The number of para-hydroxylation sites is 1. The Labute approximate surface area is 182 Å². The summed E-state index contributed by atoms with van der Waals surface area (Å²) in [5.74, 6) is 2.64. The second-order valence-electron chi connectivity index (χ2n) is 10.4. The zero-order chi connectivity index (χ0) is 21.7. The molecule has 2 aliphatic carbocycles. The van der Waals surface area contributed by atoms with Crippen molar-refractivity contribution in [2.24, 2.45) is 29.1 Å². The topological polar surface area (TPSA) is 46.5 Å². The van der Waals surface area contributed by atoms with Crippen LogP contribution in [0.1, 0.15) is 84.6 Å². The van der Waals surface area contributed by atoms with Crippen molar-refractivity contribution in [3.63, 3.8) is 0 Å². The van der Waals surface area contributed by atoms with E-state index in [1.165, 1.54) is 44.6 Å². The van der Waals surface area contributed by atoms with Crippen LogP contribution in [0.4, 0.5) is 0 Å². The molecule has 3 rings (SSSR count). The Hall–Kier alpha value is -1.77. The zero-order valence-corrected chi connectivity index (χ0v) is 19.3. The molecule has 0 aromatic heterocycles. The van der Waals surface area contributed by atoms with Gasteiger partial charge in [-0.2, -0.15) is 0 Å². The minimum absolute atomic E-state index is 0.0261. The number of phenols is 1. The SMILES string of the molecule is CC(C)CCC[C@@H](C)[C@H]1CC[C@H]2[C@@H](OC(=O)/C=C/c3ccccc3O)CCC[C@]12C. The van der Waals surface area contributed by atoms with Crippen molar-refractivity contribution < 1.29 is 14.6 Å². The molecule has 1 aromatic rings. The summed E-state index contributed by atoms with van der Waals surface area (Å²) in [5.41, 5.74) is 0.932. The molecule has 0 aliphatic heterocycles. The highest BCUT2D eigenvalue weighted by molar-refractivity contribution is 5.87. The molecule has 2 saturated carbocycles. The van der Waals surface area contributed by atoms with Crippen LogP contribution in [0, 0.1) is 29.1 Å². The van der Waals surface area contributed by atoms with Crippen molar-refractivity contribution >= 4 is 12.0 Å². The Bertz CT molecular complexity index is 737. The highest BCUT2D eigenvalue weighted by atomic mass is 16.5. The molecule has 0 saturated heterocycles. The fourth-order valence-electron chi connectivity index (χ4n) is 6.26. The summed E-state index contributed by atoms with van der Waals surface area (Å²) in [5, 5.41) is 9.87. The lowest BCUT2D eigenvalue weighted by atomic mass is 9.61. The maximum Gasteiger partial charge on any atom is 0.331 e. The molecular weight excluding hydrogens is 372 g/mol. The third kappa shape index (κ3) is 5.28. The Balaban J connectivity index is 1.60. The first-order chi connectivity index (χ1) is 14.3. The molecule has 0 unspecified atom stereocenters. The van der Waals surface area contributed by atoms with Crippen LogP contribution in [-0.4, -0.2) is 17.2 Å². The molecule has 0 spiro atoms. The number of hydrogen-bond donors (Lipinski definition) is 1. The molecule has 0 amide bonds. The summed E-state index contributed by atoms with van der Waals surface area (Å²) in [7, 11) is 0. The number of fused-ring (bicyclic) bond motifs is 1. The van der Waals surface area contributed by atoms with E-state index in [-0.39, 0.29) is 17.8 Å². The van der Waals surface area contributed by atoms with E-state index in [4.69, 9.17) is 4.74 Å². The first-order valence-corrected chi connectivity index (χ1v) is 12.0. The molecule has 1 N–H and O–H groups in total. The Morgan fingerprint density at radius 3 is 2.70 bits per heavy atom. The number of carbonyl (C=O) groups is 1. The second kappa shape index (κ2) is 10.0. The Kier molecular flexibility index (Phi) is 7.65. The third-order valence-electron chi connectivity index (χ3n) is 7.87. The molecule has 30 heavy (non-hydrogen) atoms. The number of ether oxygens (including phenoxy) is 1. The summed E-state index contributed by atoms with van der Waals surface area (Å²) in [6, 6.07) is 7.03. The van der Waals surface area contributed by atoms with Crippen molar-refractivity contribution in [1.29, 1.82) is 0 Å². The fourth-order valence-corrected chi connectivity index (χ4v) is 6.26.